The van der Waals surface area contributed by atoms with Gasteiger partial charge < -0.3 is 11.1 Å². The van der Waals surface area contributed by atoms with Gasteiger partial charge >= 0.3 is 0 Å². The Kier molecular flexibility index (Phi) is 3.98. The van der Waals surface area contributed by atoms with Crippen LogP contribution in [0.1, 0.15) is 11.1 Å². The van der Waals surface area contributed by atoms with Gasteiger partial charge in [-0.15, -0.1) is 0 Å². The zero-order valence-electron chi connectivity index (χ0n) is 9.85. The Hall–Kier alpha value is -1.40. The van der Waals surface area contributed by atoms with Gasteiger partial charge in [-0.3, -0.25) is 4.68 Å². The van der Waals surface area contributed by atoms with Crippen molar-refractivity contribution in [2.24, 2.45) is 12.8 Å². The number of aryl methyl sites for hydroxylation is 1. The number of hydrogen-bond donors (Lipinski definition) is 2. The molecule has 18 heavy (non-hydrogen) atoms. The summed E-state index contributed by atoms with van der Waals surface area (Å²) in [6.07, 6.45) is 3.79. The van der Waals surface area contributed by atoms with E-state index in [1.165, 1.54) is 0 Å². The summed E-state index contributed by atoms with van der Waals surface area (Å²) in [6, 6.07) is 5.78. The molecular weight excluding hydrogens is 312 g/mol. The SMILES string of the molecule is Cn1cc(CNc2cc(Br)ccc2C(N)=S)cn1. The molecule has 0 amide bonds. The summed E-state index contributed by atoms with van der Waals surface area (Å²) in [5.41, 5.74) is 8.56. The summed E-state index contributed by atoms with van der Waals surface area (Å²) in [4.78, 5) is 0.385. The van der Waals surface area contributed by atoms with Crippen LogP contribution in [0.4, 0.5) is 5.69 Å². The lowest BCUT2D eigenvalue weighted by Crippen LogP contribution is -2.13. The Morgan fingerprint density at radius 3 is 2.94 bits per heavy atom. The number of nitrogens with one attached hydrogen (secondary N) is 1. The van der Waals surface area contributed by atoms with Crippen LogP contribution in [0.5, 0.6) is 0 Å². The van der Waals surface area contributed by atoms with E-state index in [2.05, 4.69) is 26.3 Å². The minimum absolute atomic E-state index is 0.385. The van der Waals surface area contributed by atoms with Gasteiger partial charge in [0.05, 0.1) is 6.20 Å². The van der Waals surface area contributed by atoms with Crippen LogP contribution >= 0.6 is 28.1 Å². The zero-order valence-corrected chi connectivity index (χ0v) is 12.3. The van der Waals surface area contributed by atoms with Crippen LogP contribution in [0.15, 0.2) is 35.1 Å². The molecule has 0 saturated heterocycles. The van der Waals surface area contributed by atoms with E-state index in [0.29, 0.717) is 11.5 Å². The van der Waals surface area contributed by atoms with Crippen molar-refractivity contribution in [2.75, 3.05) is 5.32 Å². The maximum absolute atomic E-state index is 5.70. The summed E-state index contributed by atoms with van der Waals surface area (Å²) in [6.45, 7) is 0.680. The van der Waals surface area contributed by atoms with Crippen molar-refractivity contribution in [2.45, 2.75) is 6.54 Å². The predicted molar refractivity (Wildman–Crippen MR) is 80.6 cm³/mol. The third kappa shape index (κ3) is 3.08. The van der Waals surface area contributed by atoms with E-state index in [9.17, 15) is 0 Å². The third-order valence-electron chi connectivity index (χ3n) is 2.49. The molecule has 0 bridgehead atoms. The Bertz CT molecular complexity index is 579. The van der Waals surface area contributed by atoms with Gasteiger partial charge in [0.15, 0.2) is 0 Å². The summed E-state index contributed by atoms with van der Waals surface area (Å²) >= 11 is 8.47. The highest BCUT2D eigenvalue weighted by Gasteiger charge is 2.06. The molecule has 0 saturated carbocycles. The minimum Gasteiger partial charge on any atom is -0.389 e. The lowest BCUT2D eigenvalue weighted by Gasteiger charge is -2.10. The monoisotopic (exact) mass is 324 g/mol. The average molecular weight is 325 g/mol. The molecule has 1 heterocycles. The highest BCUT2D eigenvalue weighted by Crippen LogP contribution is 2.22. The number of benzene rings is 1. The molecule has 0 radical (unpaired) electrons. The molecule has 0 aliphatic rings. The summed E-state index contributed by atoms with van der Waals surface area (Å²) in [5.74, 6) is 0. The second-order valence-electron chi connectivity index (χ2n) is 3.93. The van der Waals surface area contributed by atoms with Crippen LogP contribution in [-0.2, 0) is 13.6 Å². The highest BCUT2D eigenvalue weighted by atomic mass is 79.9. The van der Waals surface area contributed by atoms with Gasteiger partial charge in [0, 0.05) is 41.1 Å². The Morgan fingerprint density at radius 1 is 1.56 bits per heavy atom. The molecule has 0 aliphatic heterocycles. The van der Waals surface area contributed by atoms with E-state index < -0.39 is 0 Å². The molecule has 3 N–H and O–H groups in total. The Balaban J connectivity index is 2.17. The number of nitrogens with zero attached hydrogens (tertiary/aromatic N) is 2. The van der Waals surface area contributed by atoms with E-state index in [0.717, 1.165) is 21.3 Å². The van der Waals surface area contributed by atoms with E-state index in [1.54, 1.807) is 4.68 Å². The quantitative estimate of drug-likeness (QED) is 0.848. The van der Waals surface area contributed by atoms with Crippen molar-refractivity contribution in [3.8, 4) is 0 Å². The normalized spacial score (nSPS) is 10.3. The first-order valence-corrected chi connectivity index (χ1v) is 6.57. The maximum atomic E-state index is 5.70. The van der Waals surface area contributed by atoms with E-state index in [-0.39, 0.29) is 0 Å². The molecule has 0 fully saturated rings. The molecule has 1 aromatic heterocycles. The molecule has 2 rings (SSSR count). The predicted octanol–water partition coefficient (Wildman–Crippen LogP) is 2.43. The number of hydrogen-bond acceptors (Lipinski definition) is 3. The van der Waals surface area contributed by atoms with Gasteiger partial charge in [-0.25, -0.2) is 0 Å². The average Bonchev–Trinajstić information content (AvgIpc) is 2.72. The van der Waals surface area contributed by atoms with Crippen molar-refractivity contribution in [3.05, 3.63) is 46.2 Å². The summed E-state index contributed by atoms with van der Waals surface area (Å²) < 4.78 is 2.75. The third-order valence-corrected chi connectivity index (χ3v) is 3.20. The maximum Gasteiger partial charge on any atom is 0.106 e. The number of rotatable bonds is 4. The van der Waals surface area contributed by atoms with Gasteiger partial charge in [-0.05, 0) is 18.2 Å². The van der Waals surface area contributed by atoms with Gasteiger partial charge in [0.1, 0.15) is 4.99 Å². The van der Waals surface area contributed by atoms with Crippen LogP contribution in [0.25, 0.3) is 0 Å². The number of thiocarbonyl (C=S) groups is 1. The van der Waals surface area contributed by atoms with Crippen molar-refractivity contribution in [1.82, 2.24) is 9.78 Å². The lowest BCUT2D eigenvalue weighted by atomic mass is 10.1. The first-order valence-electron chi connectivity index (χ1n) is 5.37. The summed E-state index contributed by atoms with van der Waals surface area (Å²) in [5, 5.41) is 7.44. The molecule has 0 atom stereocenters. The zero-order chi connectivity index (χ0) is 13.1. The fourth-order valence-electron chi connectivity index (χ4n) is 1.64. The summed E-state index contributed by atoms with van der Waals surface area (Å²) in [7, 11) is 1.89. The van der Waals surface area contributed by atoms with Crippen LogP contribution in [0, 0.1) is 0 Å². The number of halogens is 1. The number of nitrogens with two attached hydrogens (primary N) is 1. The molecule has 0 spiro atoms. The van der Waals surface area contributed by atoms with E-state index >= 15 is 0 Å². The van der Waals surface area contributed by atoms with Crippen LogP contribution < -0.4 is 11.1 Å². The topological polar surface area (TPSA) is 55.9 Å². The van der Waals surface area contributed by atoms with Crippen molar-refractivity contribution >= 4 is 38.8 Å². The second kappa shape index (κ2) is 5.49. The molecule has 2 aromatic rings. The standard InChI is InChI=1S/C12H13BrN4S/c1-17-7-8(6-16-17)5-15-11-4-9(13)2-3-10(11)12(14)18/h2-4,6-7,15H,5H2,1H3,(H2,14,18). The van der Waals surface area contributed by atoms with E-state index in [4.69, 9.17) is 18.0 Å². The molecule has 94 valence electrons. The molecule has 6 heteroatoms. The highest BCUT2D eigenvalue weighted by molar-refractivity contribution is 9.10. The van der Waals surface area contributed by atoms with Crippen molar-refractivity contribution < 1.29 is 0 Å². The van der Waals surface area contributed by atoms with Gasteiger partial charge in [0.2, 0.25) is 0 Å². The van der Waals surface area contributed by atoms with Crippen LogP contribution in [-0.4, -0.2) is 14.8 Å². The molecule has 0 aliphatic carbocycles. The fraction of sp³-hybridized carbons (Fsp3) is 0.167. The smallest absolute Gasteiger partial charge is 0.106 e. The van der Waals surface area contributed by atoms with Gasteiger partial charge in [-0.2, -0.15) is 5.10 Å². The van der Waals surface area contributed by atoms with Gasteiger partial charge in [0.25, 0.3) is 0 Å². The van der Waals surface area contributed by atoms with Crippen LogP contribution in [0.3, 0.4) is 0 Å². The Labute approximate surface area is 119 Å². The molecule has 4 nitrogen and oxygen atoms in total. The molecule has 0 unspecified atom stereocenters. The fourth-order valence-corrected chi connectivity index (χ4v) is 2.18. The Morgan fingerprint density at radius 2 is 2.33 bits per heavy atom. The largest absolute Gasteiger partial charge is 0.389 e. The molecular formula is C12H13BrN4S. The first-order chi connectivity index (χ1) is 8.56. The van der Waals surface area contributed by atoms with E-state index in [1.807, 2.05) is 37.6 Å². The van der Waals surface area contributed by atoms with Crippen molar-refractivity contribution in [3.63, 3.8) is 0 Å². The second-order valence-corrected chi connectivity index (χ2v) is 5.29. The number of anilines is 1. The van der Waals surface area contributed by atoms with Crippen molar-refractivity contribution in [1.29, 1.82) is 0 Å². The van der Waals surface area contributed by atoms with Crippen LogP contribution in [0.2, 0.25) is 0 Å². The van der Waals surface area contributed by atoms with Gasteiger partial charge in [-0.1, -0.05) is 28.1 Å². The minimum atomic E-state index is 0.385. The number of aromatic nitrogens is 2. The molecule has 1 aromatic carbocycles. The first kappa shape index (κ1) is 13.0. The lowest BCUT2D eigenvalue weighted by molar-refractivity contribution is 0.767.